The van der Waals surface area contributed by atoms with Gasteiger partial charge in [-0.1, -0.05) is 121 Å². The number of benzene rings is 4. The van der Waals surface area contributed by atoms with E-state index in [0.29, 0.717) is 0 Å². The van der Waals surface area contributed by atoms with Crippen molar-refractivity contribution in [3.05, 3.63) is 162 Å². The fourth-order valence-corrected chi connectivity index (χ4v) is 4.07. The molecule has 0 N–H and O–H groups in total. The van der Waals surface area contributed by atoms with E-state index < -0.39 is 0 Å². The van der Waals surface area contributed by atoms with Crippen molar-refractivity contribution in [3.8, 4) is 11.3 Å². The Bertz CT molecular complexity index is 1260. The van der Waals surface area contributed by atoms with E-state index in [4.69, 9.17) is 0 Å². The van der Waals surface area contributed by atoms with Gasteiger partial charge in [0.25, 0.3) is 0 Å². The second-order valence-electron chi connectivity index (χ2n) is 7.64. The van der Waals surface area contributed by atoms with Crippen LogP contribution in [0.2, 0.25) is 0 Å². The van der Waals surface area contributed by atoms with Crippen LogP contribution in [-0.4, -0.2) is 4.98 Å². The first-order chi connectivity index (χ1) is 15.9. The first-order valence-electron chi connectivity index (χ1n) is 10.8. The summed E-state index contributed by atoms with van der Waals surface area (Å²) in [7, 11) is 0. The minimum atomic E-state index is 0.982. The average molecular weight is 410 g/mol. The predicted octanol–water partition coefficient (Wildman–Crippen LogP) is 7.76. The van der Waals surface area contributed by atoms with Gasteiger partial charge in [-0.2, -0.15) is 0 Å². The summed E-state index contributed by atoms with van der Waals surface area (Å²) in [6.07, 6.45) is 1.83. The largest absolute Gasteiger partial charge is 0.256 e. The molecule has 0 radical (unpaired) electrons. The summed E-state index contributed by atoms with van der Waals surface area (Å²) in [5.41, 5.74) is 9.31. The highest BCUT2D eigenvalue weighted by Gasteiger charge is 2.16. The summed E-state index contributed by atoms with van der Waals surface area (Å²) in [5.74, 6) is 0. The van der Waals surface area contributed by atoms with E-state index in [9.17, 15) is 0 Å². The molecule has 0 aliphatic heterocycles. The Morgan fingerprint density at radius 3 is 1.19 bits per heavy atom. The van der Waals surface area contributed by atoms with Crippen molar-refractivity contribution in [2.45, 2.75) is 0 Å². The maximum atomic E-state index is 4.50. The highest BCUT2D eigenvalue weighted by Crippen LogP contribution is 2.37. The zero-order valence-electron chi connectivity index (χ0n) is 17.7. The van der Waals surface area contributed by atoms with Crippen molar-refractivity contribution < 1.29 is 0 Å². The summed E-state index contributed by atoms with van der Waals surface area (Å²) >= 11 is 0. The first kappa shape index (κ1) is 19.7. The van der Waals surface area contributed by atoms with E-state index >= 15 is 0 Å². The summed E-state index contributed by atoms with van der Waals surface area (Å²) in [6.45, 7) is 0. The Kier molecular flexibility index (Phi) is 5.72. The molecule has 0 saturated heterocycles. The number of aromatic nitrogens is 1. The lowest BCUT2D eigenvalue weighted by molar-refractivity contribution is 1.32. The smallest absolute Gasteiger partial charge is 0.0701 e. The van der Waals surface area contributed by atoms with Crippen LogP contribution in [0.15, 0.2) is 140 Å². The molecular formula is C31H23N. The van der Waals surface area contributed by atoms with Gasteiger partial charge in [0.2, 0.25) is 0 Å². The van der Waals surface area contributed by atoms with Crippen LogP contribution < -0.4 is 0 Å². The van der Waals surface area contributed by atoms with Gasteiger partial charge in [-0.15, -0.1) is 0 Å². The highest BCUT2D eigenvalue weighted by molar-refractivity contribution is 6.04. The van der Waals surface area contributed by atoms with Gasteiger partial charge in [0.15, 0.2) is 0 Å². The van der Waals surface area contributed by atoms with Crippen molar-refractivity contribution in [2.24, 2.45) is 0 Å². The molecule has 1 nitrogen and oxygen atoms in total. The van der Waals surface area contributed by atoms with Gasteiger partial charge in [0, 0.05) is 11.8 Å². The van der Waals surface area contributed by atoms with Crippen LogP contribution in [0.3, 0.4) is 0 Å². The summed E-state index contributed by atoms with van der Waals surface area (Å²) in [4.78, 5) is 4.50. The first-order valence-corrected chi connectivity index (χ1v) is 10.8. The van der Waals surface area contributed by atoms with E-state index in [1.54, 1.807) is 0 Å². The van der Waals surface area contributed by atoms with Gasteiger partial charge in [-0.3, -0.25) is 4.98 Å². The van der Waals surface area contributed by atoms with Crippen LogP contribution in [0, 0.1) is 0 Å². The topological polar surface area (TPSA) is 12.9 Å². The lowest BCUT2D eigenvalue weighted by atomic mass is 9.85. The Balaban J connectivity index is 1.76. The molecule has 0 atom stereocenters. The van der Waals surface area contributed by atoms with E-state index in [-0.39, 0.29) is 0 Å². The number of rotatable bonds is 5. The van der Waals surface area contributed by atoms with E-state index in [1.807, 2.05) is 24.4 Å². The second-order valence-corrected chi connectivity index (χ2v) is 7.64. The fourth-order valence-electron chi connectivity index (χ4n) is 4.07. The van der Waals surface area contributed by atoms with E-state index in [0.717, 1.165) is 11.3 Å². The van der Waals surface area contributed by atoms with Gasteiger partial charge in [-0.25, -0.2) is 0 Å². The monoisotopic (exact) mass is 409 g/mol. The van der Waals surface area contributed by atoms with E-state index in [1.165, 1.54) is 33.4 Å². The SMILES string of the molecule is c1ccc(C(=C(c2ccccc2)c2ccc(-c3ccccn3)cc2)c2ccccc2)cc1. The molecule has 0 saturated carbocycles. The molecule has 152 valence electrons. The van der Waals surface area contributed by atoms with Gasteiger partial charge >= 0.3 is 0 Å². The standard InChI is InChI=1S/C31H23N/c1-4-12-25(13-5-1)30(26-14-6-2-7-15-26)31(27-16-8-3-9-17-27)28-21-19-24(20-22-28)29-18-10-11-23-32-29/h1-23H. The lowest BCUT2D eigenvalue weighted by Crippen LogP contribution is -1.97. The van der Waals surface area contributed by atoms with Crippen molar-refractivity contribution in [1.82, 2.24) is 4.98 Å². The van der Waals surface area contributed by atoms with Gasteiger partial charge in [0.1, 0.15) is 0 Å². The van der Waals surface area contributed by atoms with Crippen LogP contribution in [-0.2, 0) is 0 Å². The third-order valence-corrected chi connectivity index (χ3v) is 5.57. The van der Waals surface area contributed by atoms with Gasteiger partial charge < -0.3 is 0 Å². The molecular weight excluding hydrogens is 386 g/mol. The Hall–Kier alpha value is -4.23. The van der Waals surface area contributed by atoms with Crippen molar-refractivity contribution in [3.63, 3.8) is 0 Å². The van der Waals surface area contributed by atoms with Gasteiger partial charge in [0.05, 0.1) is 5.69 Å². The number of nitrogens with zero attached hydrogens (tertiary/aromatic N) is 1. The van der Waals surface area contributed by atoms with Crippen molar-refractivity contribution in [1.29, 1.82) is 0 Å². The van der Waals surface area contributed by atoms with Gasteiger partial charge in [-0.05, 0) is 45.5 Å². The molecule has 0 fully saturated rings. The molecule has 32 heavy (non-hydrogen) atoms. The minimum absolute atomic E-state index is 0.982. The van der Waals surface area contributed by atoms with Crippen molar-refractivity contribution in [2.75, 3.05) is 0 Å². The molecule has 0 bridgehead atoms. The molecule has 0 amide bonds. The zero-order chi connectivity index (χ0) is 21.6. The normalized spacial score (nSPS) is 10.5. The number of hydrogen-bond donors (Lipinski definition) is 0. The summed E-state index contributed by atoms with van der Waals surface area (Å²) in [6, 6.07) is 46.7. The molecule has 1 heteroatoms. The lowest BCUT2D eigenvalue weighted by Gasteiger charge is -2.18. The molecule has 1 aromatic heterocycles. The fraction of sp³-hybridized carbons (Fsp3) is 0. The maximum absolute atomic E-state index is 4.50. The van der Waals surface area contributed by atoms with Crippen LogP contribution in [0.1, 0.15) is 22.3 Å². The summed E-state index contributed by atoms with van der Waals surface area (Å²) in [5, 5.41) is 0. The average Bonchev–Trinajstić information content (AvgIpc) is 2.89. The Morgan fingerprint density at radius 2 is 0.781 bits per heavy atom. The molecule has 4 aromatic carbocycles. The van der Waals surface area contributed by atoms with Crippen LogP contribution in [0.25, 0.3) is 22.4 Å². The van der Waals surface area contributed by atoms with Crippen LogP contribution in [0.4, 0.5) is 0 Å². The summed E-state index contributed by atoms with van der Waals surface area (Å²) < 4.78 is 0. The molecule has 5 aromatic rings. The molecule has 0 unspecified atom stereocenters. The molecule has 1 heterocycles. The minimum Gasteiger partial charge on any atom is -0.256 e. The Labute approximate surface area is 189 Å². The Morgan fingerprint density at radius 1 is 0.375 bits per heavy atom. The van der Waals surface area contributed by atoms with Crippen LogP contribution >= 0.6 is 0 Å². The number of pyridine rings is 1. The molecule has 5 rings (SSSR count). The quantitative estimate of drug-likeness (QED) is 0.270. The second kappa shape index (κ2) is 9.28. The molecule has 0 aliphatic rings. The van der Waals surface area contributed by atoms with E-state index in [2.05, 4.69) is 120 Å². The predicted molar refractivity (Wildman–Crippen MR) is 134 cm³/mol. The zero-order valence-corrected chi connectivity index (χ0v) is 17.7. The molecule has 0 aliphatic carbocycles. The highest BCUT2D eigenvalue weighted by atomic mass is 14.7. The third kappa shape index (κ3) is 4.14. The van der Waals surface area contributed by atoms with Crippen molar-refractivity contribution >= 4 is 11.1 Å². The number of hydrogen-bond acceptors (Lipinski definition) is 1. The third-order valence-electron chi connectivity index (χ3n) is 5.57. The van der Waals surface area contributed by atoms with Crippen LogP contribution in [0.5, 0.6) is 0 Å². The molecule has 0 spiro atoms. The maximum Gasteiger partial charge on any atom is 0.0701 e.